The molecular formula is C19H23FN2O6. The number of carbonyl (C=O) groups is 3. The maximum atomic E-state index is 13.2. The van der Waals surface area contributed by atoms with Crippen LogP contribution in [0.4, 0.5) is 4.39 Å². The molecule has 1 aromatic rings. The van der Waals surface area contributed by atoms with Crippen LogP contribution in [0, 0.1) is 5.82 Å². The second-order valence-electron chi connectivity index (χ2n) is 6.63. The summed E-state index contributed by atoms with van der Waals surface area (Å²) in [5.41, 5.74) is -1.02. The number of rotatable bonds is 7. The molecule has 1 aromatic carbocycles. The summed E-state index contributed by atoms with van der Waals surface area (Å²) in [6, 6.07) is 4.76. The highest BCUT2D eigenvalue weighted by atomic mass is 19.1. The molecule has 2 fully saturated rings. The second kappa shape index (κ2) is 8.66. The average Bonchev–Trinajstić information content (AvgIpc) is 3.51. The molecule has 0 bridgehead atoms. The minimum absolute atomic E-state index is 0.0906. The van der Waals surface area contributed by atoms with Crippen molar-refractivity contribution in [2.75, 3.05) is 39.5 Å². The fraction of sp³-hybridized carbons (Fsp3) is 0.526. The van der Waals surface area contributed by atoms with E-state index in [0.717, 1.165) is 0 Å². The smallest absolute Gasteiger partial charge is 0.350 e. The first-order valence-electron chi connectivity index (χ1n) is 9.19. The monoisotopic (exact) mass is 394 g/mol. The van der Waals surface area contributed by atoms with E-state index in [-0.39, 0.29) is 25.5 Å². The molecule has 2 aliphatic heterocycles. The van der Waals surface area contributed by atoms with E-state index in [4.69, 9.17) is 14.2 Å². The third-order valence-electron chi connectivity index (χ3n) is 4.68. The summed E-state index contributed by atoms with van der Waals surface area (Å²) in [6.45, 7) is 3.31. The lowest BCUT2D eigenvalue weighted by Gasteiger charge is -2.31. The normalized spacial score (nSPS) is 22.3. The van der Waals surface area contributed by atoms with Crippen LogP contribution in [-0.4, -0.2) is 73.8 Å². The number of nitrogens with zero attached hydrogens (tertiary/aromatic N) is 1. The lowest BCUT2D eigenvalue weighted by molar-refractivity contribution is -0.155. The Balaban J connectivity index is 1.75. The number of hydrogen-bond acceptors (Lipinski definition) is 6. The first-order chi connectivity index (χ1) is 13.5. The Morgan fingerprint density at radius 3 is 2.46 bits per heavy atom. The topological polar surface area (TPSA) is 97.5 Å². The number of epoxide rings is 1. The highest BCUT2D eigenvalue weighted by Gasteiger charge is 2.61. The third-order valence-corrected chi connectivity index (χ3v) is 4.68. The van der Waals surface area contributed by atoms with Gasteiger partial charge >= 0.3 is 5.97 Å². The summed E-state index contributed by atoms with van der Waals surface area (Å²) in [4.78, 5) is 39.3. The number of halogens is 1. The zero-order chi connectivity index (χ0) is 20.1. The largest absolute Gasteiger partial charge is 0.463 e. The van der Waals surface area contributed by atoms with Gasteiger partial charge in [0.15, 0.2) is 0 Å². The van der Waals surface area contributed by atoms with Crippen molar-refractivity contribution in [1.82, 2.24) is 10.2 Å². The van der Waals surface area contributed by atoms with Crippen LogP contribution in [0.15, 0.2) is 24.3 Å². The standard InChI is InChI=1S/C19H23FN2O6/c1-2-27-18(25)19(12-28-19)17(24)21-15(11-13-3-5-14(20)6-4-13)16(23)22-7-9-26-10-8-22/h3-6,15H,2,7-12H2,1H3,(H,21,24)/t15-,19-/m0/s1. The Labute approximate surface area is 161 Å². The number of nitrogens with one attached hydrogen (secondary N) is 1. The maximum absolute atomic E-state index is 13.2. The number of carbonyl (C=O) groups excluding carboxylic acids is 3. The molecule has 2 heterocycles. The summed E-state index contributed by atoms with van der Waals surface area (Å²) in [5.74, 6) is -2.16. The molecule has 2 atom stereocenters. The van der Waals surface area contributed by atoms with Crippen molar-refractivity contribution in [1.29, 1.82) is 0 Å². The molecule has 0 unspecified atom stereocenters. The van der Waals surface area contributed by atoms with Gasteiger partial charge in [0, 0.05) is 19.5 Å². The average molecular weight is 394 g/mol. The Kier molecular flexibility index (Phi) is 6.25. The van der Waals surface area contributed by atoms with Gasteiger partial charge in [-0.1, -0.05) is 12.1 Å². The minimum Gasteiger partial charge on any atom is -0.463 e. The molecule has 0 aromatic heterocycles. The predicted molar refractivity (Wildman–Crippen MR) is 94.7 cm³/mol. The Morgan fingerprint density at radius 1 is 1.25 bits per heavy atom. The van der Waals surface area contributed by atoms with Gasteiger partial charge in [0.1, 0.15) is 11.9 Å². The number of morpholine rings is 1. The molecule has 8 nitrogen and oxygen atoms in total. The van der Waals surface area contributed by atoms with Crippen LogP contribution < -0.4 is 5.32 Å². The third kappa shape index (κ3) is 4.48. The van der Waals surface area contributed by atoms with Crippen LogP contribution in [0.3, 0.4) is 0 Å². The van der Waals surface area contributed by atoms with E-state index in [0.29, 0.717) is 31.9 Å². The Morgan fingerprint density at radius 2 is 1.89 bits per heavy atom. The van der Waals surface area contributed by atoms with E-state index in [1.807, 2.05) is 0 Å². The lowest BCUT2D eigenvalue weighted by atomic mass is 10.0. The highest BCUT2D eigenvalue weighted by Crippen LogP contribution is 2.29. The van der Waals surface area contributed by atoms with Gasteiger partial charge in [0.25, 0.3) is 11.5 Å². The van der Waals surface area contributed by atoms with Gasteiger partial charge in [-0.3, -0.25) is 9.59 Å². The molecule has 1 N–H and O–H groups in total. The molecule has 0 aliphatic carbocycles. The van der Waals surface area contributed by atoms with Crippen LogP contribution in [0.2, 0.25) is 0 Å². The molecule has 0 saturated carbocycles. The summed E-state index contributed by atoms with van der Waals surface area (Å²) in [6.07, 6.45) is 0.154. The second-order valence-corrected chi connectivity index (χ2v) is 6.63. The Bertz CT molecular complexity index is 728. The van der Waals surface area contributed by atoms with Crippen molar-refractivity contribution in [3.8, 4) is 0 Å². The van der Waals surface area contributed by atoms with Crippen LogP contribution in [0.25, 0.3) is 0 Å². The van der Waals surface area contributed by atoms with Crippen LogP contribution >= 0.6 is 0 Å². The quantitative estimate of drug-likeness (QED) is 0.399. The van der Waals surface area contributed by atoms with Gasteiger partial charge in [-0.25, -0.2) is 9.18 Å². The van der Waals surface area contributed by atoms with Gasteiger partial charge in [-0.15, -0.1) is 0 Å². The fourth-order valence-corrected chi connectivity index (χ4v) is 3.00. The zero-order valence-corrected chi connectivity index (χ0v) is 15.6. The van der Waals surface area contributed by atoms with Crippen molar-refractivity contribution >= 4 is 17.8 Å². The number of benzene rings is 1. The first kappa shape index (κ1) is 20.2. The minimum atomic E-state index is -1.69. The molecule has 2 aliphatic rings. The van der Waals surface area contributed by atoms with Crippen LogP contribution in [0.5, 0.6) is 0 Å². The van der Waals surface area contributed by atoms with E-state index >= 15 is 0 Å². The summed E-state index contributed by atoms with van der Waals surface area (Å²) < 4.78 is 28.4. The summed E-state index contributed by atoms with van der Waals surface area (Å²) in [5, 5.41) is 2.63. The molecule has 28 heavy (non-hydrogen) atoms. The molecule has 0 radical (unpaired) electrons. The van der Waals surface area contributed by atoms with E-state index < -0.39 is 29.3 Å². The maximum Gasteiger partial charge on any atom is 0.350 e. The van der Waals surface area contributed by atoms with Gasteiger partial charge in [-0.2, -0.15) is 0 Å². The fourth-order valence-electron chi connectivity index (χ4n) is 3.00. The molecule has 3 rings (SSSR count). The van der Waals surface area contributed by atoms with E-state index in [9.17, 15) is 18.8 Å². The van der Waals surface area contributed by atoms with Crippen LogP contribution in [-0.2, 0) is 35.0 Å². The number of esters is 1. The van der Waals surface area contributed by atoms with Crippen molar-refractivity contribution in [3.05, 3.63) is 35.6 Å². The van der Waals surface area contributed by atoms with Gasteiger partial charge in [-0.05, 0) is 24.6 Å². The van der Waals surface area contributed by atoms with Gasteiger partial charge < -0.3 is 24.4 Å². The molecule has 2 saturated heterocycles. The summed E-state index contributed by atoms with van der Waals surface area (Å²) >= 11 is 0. The molecule has 9 heteroatoms. The van der Waals surface area contributed by atoms with Crippen LogP contribution in [0.1, 0.15) is 12.5 Å². The SMILES string of the molecule is CCOC(=O)[C@@]1(C(=O)N[C@@H](Cc2ccc(F)cc2)C(=O)N2CCOCC2)CO1. The lowest BCUT2D eigenvalue weighted by Crippen LogP contribution is -2.56. The van der Waals surface area contributed by atoms with Gasteiger partial charge in [0.2, 0.25) is 5.91 Å². The zero-order valence-electron chi connectivity index (χ0n) is 15.6. The van der Waals surface area contributed by atoms with E-state index in [1.54, 1.807) is 24.0 Å². The Hall–Kier alpha value is -2.52. The van der Waals surface area contributed by atoms with Crippen molar-refractivity contribution in [3.63, 3.8) is 0 Å². The first-order valence-corrected chi connectivity index (χ1v) is 9.19. The van der Waals surface area contributed by atoms with Gasteiger partial charge in [0.05, 0.1) is 26.4 Å². The van der Waals surface area contributed by atoms with Crippen molar-refractivity contribution in [2.45, 2.75) is 25.0 Å². The molecule has 152 valence electrons. The summed E-state index contributed by atoms with van der Waals surface area (Å²) in [7, 11) is 0. The molecular weight excluding hydrogens is 371 g/mol. The molecule has 0 spiro atoms. The van der Waals surface area contributed by atoms with Crippen molar-refractivity contribution in [2.24, 2.45) is 0 Å². The number of ether oxygens (including phenoxy) is 3. The van der Waals surface area contributed by atoms with Crippen molar-refractivity contribution < 1.29 is 33.0 Å². The highest BCUT2D eigenvalue weighted by molar-refractivity contribution is 6.10. The number of hydrogen-bond donors (Lipinski definition) is 1. The predicted octanol–water partition coefficient (Wildman–Crippen LogP) is 0.0439. The molecule has 2 amide bonds. The van der Waals surface area contributed by atoms with E-state index in [1.165, 1.54) is 12.1 Å². The van der Waals surface area contributed by atoms with E-state index in [2.05, 4.69) is 5.32 Å². The number of amides is 2.